The van der Waals surface area contributed by atoms with Crippen molar-refractivity contribution in [3.8, 4) is 0 Å². The summed E-state index contributed by atoms with van der Waals surface area (Å²) in [4.78, 5) is 11.3. The average Bonchev–Trinajstić information content (AvgIpc) is 1.98. The third kappa shape index (κ3) is 7.86. The van der Waals surface area contributed by atoms with E-state index < -0.39 is 0 Å². The second-order valence-corrected chi connectivity index (χ2v) is 4.35. The predicted molar refractivity (Wildman–Crippen MR) is 57.4 cm³/mol. The third-order valence-electron chi connectivity index (χ3n) is 1.49. The molecule has 0 saturated carbocycles. The zero-order valence-electron chi connectivity index (χ0n) is 9.81. The van der Waals surface area contributed by atoms with Crippen molar-refractivity contribution < 1.29 is 9.53 Å². The van der Waals surface area contributed by atoms with Crippen LogP contribution in [0.4, 0.5) is 4.79 Å². The Balaban J connectivity index is 3.64. The first-order valence-corrected chi connectivity index (χ1v) is 5.02. The summed E-state index contributed by atoms with van der Waals surface area (Å²) >= 11 is 0. The van der Waals surface area contributed by atoms with Crippen LogP contribution in [0, 0.1) is 0 Å². The van der Waals surface area contributed by atoms with Crippen molar-refractivity contribution in [1.29, 1.82) is 0 Å². The molecule has 14 heavy (non-hydrogen) atoms. The van der Waals surface area contributed by atoms with Crippen LogP contribution in [0.2, 0.25) is 0 Å². The summed E-state index contributed by atoms with van der Waals surface area (Å²) in [6.07, 6.45) is 0.0609. The summed E-state index contributed by atoms with van der Waals surface area (Å²) in [5.74, 6) is 0. The van der Waals surface area contributed by atoms with Crippen molar-refractivity contribution in [2.24, 2.45) is 0 Å². The van der Waals surface area contributed by atoms with Gasteiger partial charge in [0.15, 0.2) is 0 Å². The van der Waals surface area contributed by atoms with Crippen molar-refractivity contribution >= 4 is 6.03 Å². The molecule has 0 aliphatic carbocycles. The van der Waals surface area contributed by atoms with Crippen LogP contribution in [0.3, 0.4) is 0 Å². The van der Waals surface area contributed by atoms with Crippen molar-refractivity contribution in [2.45, 2.75) is 46.3 Å². The van der Waals surface area contributed by atoms with E-state index in [-0.39, 0.29) is 17.7 Å². The van der Waals surface area contributed by atoms with Gasteiger partial charge in [-0.2, -0.15) is 0 Å². The molecular weight excluding hydrogens is 180 g/mol. The van der Waals surface area contributed by atoms with E-state index in [4.69, 9.17) is 4.74 Å². The second kappa shape index (κ2) is 5.86. The lowest BCUT2D eigenvalue weighted by Crippen LogP contribution is -2.48. The molecule has 84 valence electrons. The van der Waals surface area contributed by atoms with Crippen LogP contribution < -0.4 is 10.6 Å². The summed E-state index contributed by atoms with van der Waals surface area (Å²) in [6.45, 7) is 10.9. The largest absolute Gasteiger partial charge is 0.377 e. The molecule has 0 bridgehead atoms. The fraction of sp³-hybridized carbons (Fsp3) is 0.900. The lowest BCUT2D eigenvalue weighted by molar-refractivity contribution is 0.0774. The van der Waals surface area contributed by atoms with E-state index >= 15 is 0 Å². The summed E-state index contributed by atoms with van der Waals surface area (Å²) < 4.78 is 5.28. The third-order valence-corrected chi connectivity index (χ3v) is 1.49. The van der Waals surface area contributed by atoms with E-state index in [9.17, 15) is 4.79 Å². The minimum atomic E-state index is -0.196. The van der Waals surface area contributed by atoms with Gasteiger partial charge < -0.3 is 15.4 Å². The molecule has 0 spiro atoms. The van der Waals surface area contributed by atoms with E-state index in [0.29, 0.717) is 13.2 Å². The summed E-state index contributed by atoms with van der Waals surface area (Å²) in [5, 5.41) is 5.56. The zero-order valence-corrected chi connectivity index (χ0v) is 9.81. The number of urea groups is 1. The van der Waals surface area contributed by atoms with Crippen LogP contribution in [0.15, 0.2) is 0 Å². The Morgan fingerprint density at radius 1 is 1.43 bits per heavy atom. The van der Waals surface area contributed by atoms with Gasteiger partial charge in [-0.25, -0.2) is 4.79 Å². The highest BCUT2D eigenvalue weighted by molar-refractivity contribution is 5.74. The molecule has 4 heteroatoms. The Morgan fingerprint density at radius 2 is 2.00 bits per heavy atom. The van der Waals surface area contributed by atoms with Gasteiger partial charge in [-0.3, -0.25) is 0 Å². The Hall–Kier alpha value is -0.770. The number of hydrogen-bond acceptors (Lipinski definition) is 2. The number of ether oxygens (including phenoxy) is 1. The lowest BCUT2D eigenvalue weighted by Gasteiger charge is -2.21. The van der Waals surface area contributed by atoms with E-state index in [1.807, 2.05) is 34.6 Å². The molecule has 2 N–H and O–H groups in total. The van der Waals surface area contributed by atoms with Crippen molar-refractivity contribution in [1.82, 2.24) is 10.6 Å². The number of nitrogens with one attached hydrogen (secondary N) is 2. The van der Waals surface area contributed by atoms with Crippen molar-refractivity contribution in [2.75, 3.05) is 13.2 Å². The van der Waals surface area contributed by atoms with Crippen molar-refractivity contribution in [3.05, 3.63) is 0 Å². The fourth-order valence-corrected chi connectivity index (χ4v) is 0.965. The summed E-state index contributed by atoms with van der Waals surface area (Å²) in [5.41, 5.74) is -0.196. The summed E-state index contributed by atoms with van der Waals surface area (Å²) in [6, 6.07) is -0.149. The molecule has 0 aliphatic rings. The van der Waals surface area contributed by atoms with Gasteiger partial charge in [-0.05, 0) is 34.6 Å². The SMILES string of the molecule is CCOC(C)CNC(=O)NC(C)(C)C. The summed E-state index contributed by atoms with van der Waals surface area (Å²) in [7, 11) is 0. The van der Waals surface area contributed by atoms with Crippen LogP contribution >= 0.6 is 0 Å². The van der Waals surface area contributed by atoms with Crippen LogP contribution in [0.5, 0.6) is 0 Å². The van der Waals surface area contributed by atoms with Crippen molar-refractivity contribution in [3.63, 3.8) is 0 Å². The monoisotopic (exact) mass is 202 g/mol. The number of amides is 2. The van der Waals surface area contributed by atoms with Gasteiger partial charge in [0.1, 0.15) is 0 Å². The molecule has 2 amide bonds. The maximum absolute atomic E-state index is 11.3. The normalized spacial score (nSPS) is 13.5. The van der Waals surface area contributed by atoms with E-state index in [1.165, 1.54) is 0 Å². The highest BCUT2D eigenvalue weighted by Crippen LogP contribution is 1.97. The predicted octanol–water partition coefficient (Wildman–Crippen LogP) is 1.51. The Kier molecular flexibility index (Phi) is 5.53. The topological polar surface area (TPSA) is 50.4 Å². The van der Waals surface area contributed by atoms with E-state index in [1.54, 1.807) is 0 Å². The molecule has 1 atom stereocenters. The molecule has 0 aromatic carbocycles. The van der Waals surface area contributed by atoms with E-state index in [0.717, 1.165) is 0 Å². The fourth-order valence-electron chi connectivity index (χ4n) is 0.965. The zero-order chi connectivity index (χ0) is 11.2. The van der Waals surface area contributed by atoms with Gasteiger partial charge in [-0.1, -0.05) is 0 Å². The molecule has 0 saturated heterocycles. The highest BCUT2D eigenvalue weighted by atomic mass is 16.5. The molecule has 0 rings (SSSR count). The Labute approximate surface area is 86.4 Å². The first-order chi connectivity index (χ1) is 6.35. The maximum Gasteiger partial charge on any atom is 0.315 e. The van der Waals surface area contributed by atoms with Crippen LogP contribution in [0.1, 0.15) is 34.6 Å². The Morgan fingerprint density at radius 3 is 2.43 bits per heavy atom. The van der Waals surface area contributed by atoms with Crippen LogP contribution in [0.25, 0.3) is 0 Å². The lowest BCUT2D eigenvalue weighted by atomic mass is 10.1. The van der Waals surface area contributed by atoms with Gasteiger partial charge in [0.2, 0.25) is 0 Å². The molecule has 4 nitrogen and oxygen atoms in total. The smallest absolute Gasteiger partial charge is 0.315 e. The molecule has 0 fully saturated rings. The van der Waals surface area contributed by atoms with Gasteiger partial charge in [0.05, 0.1) is 6.10 Å². The van der Waals surface area contributed by atoms with Crippen LogP contribution in [-0.2, 0) is 4.74 Å². The average molecular weight is 202 g/mol. The molecule has 1 unspecified atom stereocenters. The first kappa shape index (κ1) is 13.2. The second-order valence-electron chi connectivity index (χ2n) is 4.35. The number of carbonyl (C=O) groups is 1. The standard InChI is InChI=1S/C10H22N2O2/c1-6-14-8(2)7-11-9(13)12-10(3,4)5/h8H,6-7H2,1-5H3,(H2,11,12,13). The molecule has 0 heterocycles. The molecule has 0 aliphatic heterocycles. The highest BCUT2D eigenvalue weighted by Gasteiger charge is 2.13. The maximum atomic E-state index is 11.3. The van der Waals surface area contributed by atoms with Gasteiger partial charge in [0.25, 0.3) is 0 Å². The van der Waals surface area contributed by atoms with Gasteiger partial charge in [-0.15, -0.1) is 0 Å². The van der Waals surface area contributed by atoms with E-state index in [2.05, 4.69) is 10.6 Å². The number of hydrogen-bond donors (Lipinski definition) is 2. The van der Waals surface area contributed by atoms with Gasteiger partial charge in [0, 0.05) is 18.7 Å². The quantitative estimate of drug-likeness (QED) is 0.726. The molecule has 0 radical (unpaired) electrons. The first-order valence-electron chi connectivity index (χ1n) is 5.02. The number of carbonyl (C=O) groups excluding carboxylic acids is 1. The minimum absolute atomic E-state index is 0.0609. The molecular formula is C10H22N2O2. The molecule has 0 aromatic heterocycles. The van der Waals surface area contributed by atoms with Gasteiger partial charge >= 0.3 is 6.03 Å². The number of rotatable bonds is 4. The Bertz CT molecular complexity index is 175. The van der Waals surface area contributed by atoms with Crippen LogP contribution in [-0.4, -0.2) is 30.8 Å². The molecule has 0 aromatic rings. The minimum Gasteiger partial charge on any atom is -0.377 e.